The Morgan fingerprint density at radius 3 is 2.78 bits per heavy atom. The maximum Gasteiger partial charge on any atom is 0.222 e. The van der Waals surface area contributed by atoms with Gasteiger partial charge in [0.15, 0.2) is 0 Å². The molecule has 18 heavy (non-hydrogen) atoms. The van der Waals surface area contributed by atoms with Crippen LogP contribution in [0.5, 0.6) is 0 Å². The molecule has 1 saturated heterocycles. The average molecular weight is 255 g/mol. The lowest BCUT2D eigenvalue weighted by atomic mass is 10.2. The second-order valence-corrected chi connectivity index (χ2v) is 5.86. The van der Waals surface area contributed by atoms with Gasteiger partial charge in [-0.25, -0.2) is 0 Å². The molecule has 1 amide bonds. The zero-order valence-electron chi connectivity index (χ0n) is 12.4. The molecule has 106 valence electrons. The summed E-state index contributed by atoms with van der Waals surface area (Å²) in [5.41, 5.74) is 0. The number of carbonyl (C=O) groups is 1. The molecule has 4 nitrogen and oxygen atoms in total. The molecule has 1 aliphatic rings. The van der Waals surface area contributed by atoms with Crippen molar-refractivity contribution in [3.8, 4) is 0 Å². The summed E-state index contributed by atoms with van der Waals surface area (Å²) in [5.74, 6) is 0.338. The highest BCUT2D eigenvalue weighted by molar-refractivity contribution is 5.76. The third-order valence-electron chi connectivity index (χ3n) is 3.39. The predicted molar refractivity (Wildman–Crippen MR) is 75.7 cm³/mol. The summed E-state index contributed by atoms with van der Waals surface area (Å²) in [4.78, 5) is 16.4. The summed E-state index contributed by atoms with van der Waals surface area (Å²) in [6, 6.07) is 0.943. The smallest absolute Gasteiger partial charge is 0.222 e. The number of hydrogen-bond acceptors (Lipinski definition) is 3. The zero-order valence-corrected chi connectivity index (χ0v) is 12.4. The lowest BCUT2D eigenvalue weighted by Gasteiger charge is -2.27. The van der Waals surface area contributed by atoms with Crippen molar-refractivity contribution in [3.63, 3.8) is 0 Å². The Labute approximate surface area is 112 Å². The van der Waals surface area contributed by atoms with Gasteiger partial charge in [-0.15, -0.1) is 0 Å². The molecule has 0 saturated carbocycles. The molecule has 1 N–H and O–H groups in total. The first kappa shape index (κ1) is 15.4. The lowest BCUT2D eigenvalue weighted by Crippen LogP contribution is -2.41. The molecule has 1 unspecified atom stereocenters. The van der Waals surface area contributed by atoms with Gasteiger partial charge in [-0.3, -0.25) is 4.79 Å². The Morgan fingerprint density at radius 1 is 1.44 bits per heavy atom. The van der Waals surface area contributed by atoms with Gasteiger partial charge in [0.05, 0.1) is 0 Å². The van der Waals surface area contributed by atoms with Crippen molar-refractivity contribution in [1.82, 2.24) is 15.1 Å². The van der Waals surface area contributed by atoms with E-state index in [1.54, 1.807) is 0 Å². The van der Waals surface area contributed by atoms with Gasteiger partial charge < -0.3 is 15.1 Å². The van der Waals surface area contributed by atoms with Crippen LogP contribution in [0.3, 0.4) is 0 Å². The van der Waals surface area contributed by atoms with Crippen LogP contribution in [0, 0.1) is 0 Å². The molecular weight excluding hydrogens is 226 g/mol. The molecule has 0 aromatic carbocycles. The van der Waals surface area contributed by atoms with Gasteiger partial charge >= 0.3 is 0 Å². The molecule has 0 aliphatic carbocycles. The van der Waals surface area contributed by atoms with Crippen LogP contribution in [0.2, 0.25) is 0 Å². The SMILES string of the molecule is CC(C)NCCCC(=O)N1CCCC1CN(C)C. The normalized spacial score (nSPS) is 20.1. The van der Waals surface area contributed by atoms with E-state index >= 15 is 0 Å². The number of rotatable bonds is 7. The number of likely N-dealkylation sites (tertiary alicyclic amines) is 1. The first-order valence-electron chi connectivity index (χ1n) is 7.18. The van der Waals surface area contributed by atoms with Gasteiger partial charge in [0.25, 0.3) is 0 Å². The number of nitrogens with one attached hydrogen (secondary N) is 1. The van der Waals surface area contributed by atoms with Gasteiger partial charge in [-0.2, -0.15) is 0 Å². The van der Waals surface area contributed by atoms with Crippen LogP contribution in [0.25, 0.3) is 0 Å². The highest BCUT2D eigenvalue weighted by Gasteiger charge is 2.28. The molecule has 4 heteroatoms. The van der Waals surface area contributed by atoms with Gasteiger partial charge in [0.1, 0.15) is 0 Å². The van der Waals surface area contributed by atoms with Crippen LogP contribution in [-0.2, 0) is 4.79 Å². The van der Waals surface area contributed by atoms with E-state index in [2.05, 4.69) is 43.1 Å². The minimum Gasteiger partial charge on any atom is -0.338 e. The number of hydrogen-bond donors (Lipinski definition) is 1. The standard InChI is InChI=1S/C14H29N3O/c1-12(2)15-9-5-8-14(18)17-10-6-7-13(17)11-16(3)4/h12-13,15H,5-11H2,1-4H3. The Kier molecular flexibility index (Phi) is 6.65. The molecule has 0 spiro atoms. The molecule has 0 bridgehead atoms. The topological polar surface area (TPSA) is 35.6 Å². The third-order valence-corrected chi connectivity index (χ3v) is 3.39. The predicted octanol–water partition coefficient (Wildman–Crippen LogP) is 1.32. The van der Waals surface area contributed by atoms with E-state index < -0.39 is 0 Å². The van der Waals surface area contributed by atoms with Crippen LogP contribution < -0.4 is 5.32 Å². The lowest BCUT2D eigenvalue weighted by molar-refractivity contribution is -0.132. The van der Waals surface area contributed by atoms with Crippen molar-refractivity contribution >= 4 is 5.91 Å². The molecule has 0 radical (unpaired) electrons. The van der Waals surface area contributed by atoms with Gasteiger partial charge in [0.2, 0.25) is 5.91 Å². The second kappa shape index (κ2) is 7.74. The molecule has 1 atom stereocenters. The molecule has 1 aliphatic heterocycles. The summed E-state index contributed by atoms with van der Waals surface area (Å²) < 4.78 is 0. The van der Waals surface area contributed by atoms with Crippen molar-refractivity contribution in [2.45, 2.75) is 51.6 Å². The molecule has 0 aromatic heterocycles. The van der Waals surface area contributed by atoms with Crippen LogP contribution in [0.15, 0.2) is 0 Å². The number of carbonyl (C=O) groups excluding carboxylic acids is 1. The Bertz CT molecular complexity index is 253. The van der Waals surface area contributed by atoms with Gasteiger partial charge in [-0.05, 0) is 39.9 Å². The first-order chi connectivity index (χ1) is 8.50. The summed E-state index contributed by atoms with van der Waals surface area (Å²) in [7, 11) is 4.15. The maximum atomic E-state index is 12.2. The average Bonchev–Trinajstić information content (AvgIpc) is 2.71. The minimum absolute atomic E-state index is 0.338. The van der Waals surface area contributed by atoms with E-state index in [4.69, 9.17) is 0 Å². The number of likely N-dealkylation sites (N-methyl/N-ethyl adjacent to an activating group) is 1. The third kappa shape index (κ3) is 5.36. The summed E-state index contributed by atoms with van der Waals surface area (Å²) in [6.45, 7) is 7.16. The molecule has 1 heterocycles. The Morgan fingerprint density at radius 2 is 2.17 bits per heavy atom. The molecular formula is C14H29N3O. The van der Waals surface area contributed by atoms with Gasteiger partial charge in [0, 0.05) is 31.6 Å². The fourth-order valence-electron chi connectivity index (χ4n) is 2.55. The van der Waals surface area contributed by atoms with Crippen LogP contribution >= 0.6 is 0 Å². The van der Waals surface area contributed by atoms with E-state index in [9.17, 15) is 4.79 Å². The van der Waals surface area contributed by atoms with Crippen molar-refractivity contribution in [2.24, 2.45) is 0 Å². The monoisotopic (exact) mass is 255 g/mol. The van der Waals surface area contributed by atoms with E-state index in [0.29, 0.717) is 24.4 Å². The number of nitrogens with zero attached hydrogens (tertiary/aromatic N) is 2. The highest BCUT2D eigenvalue weighted by atomic mass is 16.2. The van der Waals surface area contributed by atoms with Crippen molar-refractivity contribution in [3.05, 3.63) is 0 Å². The maximum absolute atomic E-state index is 12.2. The first-order valence-corrected chi connectivity index (χ1v) is 7.18. The van der Waals surface area contributed by atoms with Crippen molar-refractivity contribution < 1.29 is 4.79 Å². The molecule has 1 fully saturated rings. The largest absolute Gasteiger partial charge is 0.338 e. The zero-order chi connectivity index (χ0) is 13.5. The van der Waals surface area contributed by atoms with E-state index in [0.717, 1.165) is 38.9 Å². The second-order valence-electron chi connectivity index (χ2n) is 5.86. The Balaban J connectivity index is 2.27. The summed E-state index contributed by atoms with van der Waals surface area (Å²) >= 11 is 0. The quantitative estimate of drug-likeness (QED) is 0.697. The molecule has 0 aromatic rings. The van der Waals surface area contributed by atoms with E-state index in [-0.39, 0.29) is 0 Å². The summed E-state index contributed by atoms with van der Waals surface area (Å²) in [5, 5.41) is 3.36. The van der Waals surface area contributed by atoms with E-state index in [1.807, 2.05) is 0 Å². The van der Waals surface area contributed by atoms with Crippen molar-refractivity contribution in [2.75, 3.05) is 33.7 Å². The minimum atomic E-state index is 0.338. The number of amides is 1. The van der Waals surface area contributed by atoms with Crippen LogP contribution in [0.1, 0.15) is 39.5 Å². The summed E-state index contributed by atoms with van der Waals surface area (Å²) in [6.07, 6.45) is 3.95. The van der Waals surface area contributed by atoms with Crippen molar-refractivity contribution in [1.29, 1.82) is 0 Å². The highest BCUT2D eigenvalue weighted by Crippen LogP contribution is 2.19. The van der Waals surface area contributed by atoms with Crippen LogP contribution in [-0.4, -0.2) is 61.5 Å². The fraction of sp³-hybridized carbons (Fsp3) is 0.929. The Hall–Kier alpha value is -0.610. The van der Waals surface area contributed by atoms with Crippen LogP contribution in [0.4, 0.5) is 0 Å². The fourth-order valence-corrected chi connectivity index (χ4v) is 2.55. The molecule has 1 rings (SSSR count). The van der Waals surface area contributed by atoms with E-state index in [1.165, 1.54) is 0 Å². The van der Waals surface area contributed by atoms with Gasteiger partial charge in [-0.1, -0.05) is 13.8 Å².